The van der Waals surface area contributed by atoms with Crippen LogP contribution < -0.4 is 10.2 Å². The summed E-state index contributed by atoms with van der Waals surface area (Å²) in [6.07, 6.45) is 0. The molecule has 1 unspecified atom stereocenters. The van der Waals surface area contributed by atoms with Crippen molar-refractivity contribution < 1.29 is 22.5 Å². The Morgan fingerprint density at radius 2 is 1.80 bits per heavy atom. The van der Waals surface area contributed by atoms with Gasteiger partial charge >= 0.3 is 6.03 Å². The molecule has 0 aliphatic carbocycles. The van der Waals surface area contributed by atoms with Crippen LogP contribution in [0.3, 0.4) is 0 Å². The van der Waals surface area contributed by atoms with E-state index in [4.69, 9.17) is 16.1 Å². The number of rotatable bonds is 4. The highest BCUT2D eigenvalue weighted by molar-refractivity contribution is 6.30. The average molecular weight is 497 g/mol. The summed E-state index contributed by atoms with van der Waals surface area (Å²) in [4.78, 5) is 18.8. The number of nitrogens with zero attached hydrogens (tertiary/aromatic N) is 3. The maximum Gasteiger partial charge on any atom is 0.327 e. The van der Waals surface area contributed by atoms with E-state index < -0.39 is 29.5 Å². The SMILES string of the molecule is CC1=C(c2nc(-c3cccc(F)c3)no2)C(c2cccc(Cl)c2)NC(=O)N1c1ccc(F)c(F)c1. The number of carbonyl (C=O) groups excluding carboxylic acids is 1. The second-order valence-electron chi connectivity index (χ2n) is 7.80. The molecule has 35 heavy (non-hydrogen) atoms. The first-order valence-electron chi connectivity index (χ1n) is 10.4. The molecule has 0 bridgehead atoms. The number of nitrogens with one attached hydrogen (secondary N) is 1. The maximum absolute atomic E-state index is 14.0. The fraction of sp³-hybridized carbons (Fsp3) is 0.0800. The number of urea groups is 1. The Bertz CT molecular complexity index is 1490. The van der Waals surface area contributed by atoms with E-state index in [1.54, 1.807) is 37.3 Å². The lowest BCUT2D eigenvalue weighted by atomic mass is 9.94. The third-order valence-electron chi connectivity index (χ3n) is 5.57. The number of anilines is 1. The zero-order valence-electron chi connectivity index (χ0n) is 18.1. The topological polar surface area (TPSA) is 71.3 Å². The molecule has 6 nitrogen and oxygen atoms in total. The summed E-state index contributed by atoms with van der Waals surface area (Å²) in [5.41, 5.74) is 1.89. The van der Waals surface area contributed by atoms with Crippen molar-refractivity contribution in [2.24, 2.45) is 0 Å². The van der Waals surface area contributed by atoms with Crippen molar-refractivity contribution in [3.05, 3.63) is 106 Å². The molecule has 3 aromatic carbocycles. The fourth-order valence-corrected chi connectivity index (χ4v) is 4.17. The summed E-state index contributed by atoms with van der Waals surface area (Å²) in [5.74, 6) is -2.41. The van der Waals surface area contributed by atoms with Crippen LogP contribution in [0.25, 0.3) is 17.0 Å². The smallest absolute Gasteiger partial charge is 0.327 e. The molecule has 0 spiro atoms. The molecule has 2 amide bonds. The number of amides is 2. The number of carbonyl (C=O) groups is 1. The molecule has 1 aliphatic rings. The molecule has 1 aromatic heterocycles. The number of allylic oxidation sites excluding steroid dienone is 1. The Hall–Kier alpha value is -4.11. The van der Waals surface area contributed by atoms with Crippen LogP contribution in [0.15, 0.2) is 77.0 Å². The molecule has 176 valence electrons. The number of benzene rings is 3. The Morgan fingerprint density at radius 3 is 2.54 bits per heavy atom. The van der Waals surface area contributed by atoms with Crippen molar-refractivity contribution in [1.29, 1.82) is 0 Å². The quantitative estimate of drug-likeness (QED) is 0.349. The Kier molecular flexibility index (Phi) is 5.78. The number of hydrogen-bond acceptors (Lipinski definition) is 4. The molecule has 10 heteroatoms. The normalized spacial score (nSPS) is 16.0. The molecule has 4 aromatic rings. The third-order valence-corrected chi connectivity index (χ3v) is 5.80. The molecule has 0 saturated heterocycles. The van der Waals surface area contributed by atoms with E-state index in [2.05, 4.69) is 15.5 Å². The molecule has 1 aliphatic heterocycles. The first-order chi connectivity index (χ1) is 16.8. The van der Waals surface area contributed by atoms with E-state index in [-0.39, 0.29) is 17.4 Å². The molecule has 5 rings (SSSR count). The van der Waals surface area contributed by atoms with E-state index in [9.17, 15) is 18.0 Å². The first kappa shape index (κ1) is 22.7. The Labute approximate surface area is 202 Å². The highest BCUT2D eigenvalue weighted by atomic mass is 35.5. The van der Waals surface area contributed by atoms with Gasteiger partial charge in [0.25, 0.3) is 5.89 Å². The first-order valence-corrected chi connectivity index (χ1v) is 10.8. The number of hydrogen-bond donors (Lipinski definition) is 1. The molecule has 1 atom stereocenters. The van der Waals surface area contributed by atoms with Crippen molar-refractivity contribution >= 4 is 28.9 Å². The monoisotopic (exact) mass is 496 g/mol. The highest BCUT2D eigenvalue weighted by Gasteiger charge is 2.37. The lowest BCUT2D eigenvalue weighted by Gasteiger charge is -2.35. The van der Waals surface area contributed by atoms with Crippen LogP contribution in [0.2, 0.25) is 5.02 Å². The lowest BCUT2D eigenvalue weighted by Crippen LogP contribution is -2.46. The van der Waals surface area contributed by atoms with Gasteiger partial charge in [-0.25, -0.2) is 18.0 Å². The van der Waals surface area contributed by atoms with Gasteiger partial charge in [0, 0.05) is 22.3 Å². The second-order valence-corrected chi connectivity index (χ2v) is 8.24. The zero-order valence-corrected chi connectivity index (χ0v) is 18.9. The molecule has 2 heterocycles. The fourth-order valence-electron chi connectivity index (χ4n) is 3.97. The van der Waals surface area contributed by atoms with Crippen molar-refractivity contribution in [2.45, 2.75) is 13.0 Å². The minimum absolute atomic E-state index is 0.0549. The van der Waals surface area contributed by atoms with Gasteiger partial charge in [-0.05, 0) is 48.9 Å². The summed E-state index contributed by atoms with van der Waals surface area (Å²) in [7, 11) is 0. The van der Waals surface area contributed by atoms with Gasteiger partial charge in [-0.1, -0.05) is 41.0 Å². The van der Waals surface area contributed by atoms with Gasteiger partial charge in [-0.15, -0.1) is 0 Å². The zero-order chi connectivity index (χ0) is 24.7. The van der Waals surface area contributed by atoms with E-state index in [0.717, 1.165) is 12.1 Å². The van der Waals surface area contributed by atoms with Crippen LogP contribution in [0.1, 0.15) is 24.4 Å². The minimum Gasteiger partial charge on any atom is -0.334 e. The van der Waals surface area contributed by atoms with Crippen molar-refractivity contribution in [3.63, 3.8) is 0 Å². The van der Waals surface area contributed by atoms with Gasteiger partial charge in [0.15, 0.2) is 11.6 Å². The minimum atomic E-state index is -1.10. The second kappa shape index (κ2) is 8.92. The van der Waals surface area contributed by atoms with Gasteiger partial charge in [0.05, 0.1) is 17.3 Å². The average Bonchev–Trinajstić information content (AvgIpc) is 3.31. The summed E-state index contributed by atoms with van der Waals surface area (Å²) in [6.45, 7) is 1.62. The van der Waals surface area contributed by atoms with Gasteiger partial charge in [-0.2, -0.15) is 4.98 Å². The van der Waals surface area contributed by atoms with E-state index >= 15 is 0 Å². The molecule has 0 fully saturated rings. The van der Waals surface area contributed by atoms with Gasteiger partial charge < -0.3 is 9.84 Å². The lowest BCUT2D eigenvalue weighted by molar-refractivity contribution is 0.244. The van der Waals surface area contributed by atoms with Gasteiger partial charge in [0.1, 0.15) is 5.82 Å². The van der Waals surface area contributed by atoms with Crippen molar-refractivity contribution in [1.82, 2.24) is 15.5 Å². The summed E-state index contributed by atoms with van der Waals surface area (Å²) in [5, 5.41) is 7.26. The van der Waals surface area contributed by atoms with Crippen LogP contribution in [-0.4, -0.2) is 16.2 Å². The van der Waals surface area contributed by atoms with E-state index in [1.165, 1.54) is 29.2 Å². The van der Waals surface area contributed by atoms with Crippen LogP contribution in [0.5, 0.6) is 0 Å². The van der Waals surface area contributed by atoms with Crippen LogP contribution in [0.4, 0.5) is 23.7 Å². The van der Waals surface area contributed by atoms with Crippen molar-refractivity contribution in [2.75, 3.05) is 4.90 Å². The predicted octanol–water partition coefficient (Wildman–Crippen LogP) is 6.51. The van der Waals surface area contributed by atoms with Gasteiger partial charge in [-0.3, -0.25) is 4.90 Å². The molecule has 0 radical (unpaired) electrons. The van der Waals surface area contributed by atoms with Crippen molar-refractivity contribution in [3.8, 4) is 11.4 Å². The van der Waals surface area contributed by atoms with Crippen LogP contribution in [-0.2, 0) is 0 Å². The molecule has 1 N–H and O–H groups in total. The number of aromatic nitrogens is 2. The van der Waals surface area contributed by atoms with E-state index in [0.29, 0.717) is 27.4 Å². The predicted molar refractivity (Wildman–Crippen MR) is 124 cm³/mol. The summed E-state index contributed by atoms with van der Waals surface area (Å²) < 4.78 is 46.8. The van der Waals surface area contributed by atoms with E-state index in [1.807, 2.05) is 0 Å². The molecular weight excluding hydrogens is 481 g/mol. The molecule has 0 saturated carbocycles. The largest absolute Gasteiger partial charge is 0.334 e. The van der Waals surface area contributed by atoms with Gasteiger partial charge in [0.2, 0.25) is 5.82 Å². The van der Waals surface area contributed by atoms with Crippen LogP contribution in [0, 0.1) is 17.5 Å². The Morgan fingerprint density at radius 1 is 1.00 bits per heavy atom. The summed E-state index contributed by atoms with van der Waals surface area (Å²) >= 11 is 6.18. The number of halogens is 4. The maximum atomic E-state index is 14.0. The third kappa shape index (κ3) is 4.26. The Balaban J connectivity index is 1.67. The summed E-state index contributed by atoms with van der Waals surface area (Å²) in [6, 6.07) is 14.4. The van der Waals surface area contributed by atoms with Crippen LogP contribution >= 0.6 is 11.6 Å². The standard InChI is InChI=1S/C25H16ClF3N4O2/c1-13-21(24-31-23(32-35-24)15-5-3-7-17(27)11-15)22(14-4-2-6-16(26)10-14)30-25(34)33(13)18-8-9-19(28)20(29)12-18/h2-12,22H,1H3,(H,30,34). The highest BCUT2D eigenvalue weighted by Crippen LogP contribution is 2.39. The molecular formula is C25H16ClF3N4O2.